The fraction of sp³-hybridized carbons (Fsp3) is 0.400. The summed E-state index contributed by atoms with van der Waals surface area (Å²) in [7, 11) is 2.50. The van der Waals surface area contributed by atoms with Crippen LogP contribution in [0.1, 0.15) is 23.7 Å². The number of carbonyl (C=O) groups is 3. The highest BCUT2D eigenvalue weighted by Crippen LogP contribution is 2.12. The summed E-state index contributed by atoms with van der Waals surface area (Å²) < 4.78 is 9.25. The SMILES string of the molecule is COC(=O)C[C@@H](C)[C@H](NC(=O)c1ccccc1)C(=O)OC. The minimum atomic E-state index is -0.915. The van der Waals surface area contributed by atoms with E-state index in [0.29, 0.717) is 5.56 Å². The highest BCUT2D eigenvalue weighted by Gasteiger charge is 2.29. The van der Waals surface area contributed by atoms with Gasteiger partial charge in [0.1, 0.15) is 6.04 Å². The minimum Gasteiger partial charge on any atom is -0.469 e. The normalized spacial score (nSPS) is 12.9. The molecule has 0 aromatic heterocycles. The van der Waals surface area contributed by atoms with Gasteiger partial charge in [-0.05, 0) is 18.1 Å². The molecule has 1 aromatic carbocycles. The van der Waals surface area contributed by atoms with Crippen molar-refractivity contribution in [2.24, 2.45) is 5.92 Å². The van der Waals surface area contributed by atoms with Gasteiger partial charge in [0.15, 0.2) is 0 Å². The standard InChI is InChI=1S/C15H19NO5/c1-10(9-12(17)20-2)13(15(19)21-3)16-14(18)11-7-5-4-6-8-11/h4-8,10,13H,9H2,1-3H3,(H,16,18)/t10-,13+/m1/s1. The summed E-state index contributed by atoms with van der Waals surface area (Å²) in [6.45, 7) is 1.67. The third-order valence-electron chi connectivity index (χ3n) is 3.06. The van der Waals surface area contributed by atoms with Crippen molar-refractivity contribution in [1.29, 1.82) is 0 Å². The second kappa shape index (κ2) is 8.04. The first-order chi connectivity index (χ1) is 9.99. The molecule has 0 bridgehead atoms. The molecule has 114 valence electrons. The van der Waals surface area contributed by atoms with E-state index < -0.39 is 29.8 Å². The molecule has 1 N–H and O–H groups in total. The number of methoxy groups -OCH3 is 2. The number of nitrogens with one attached hydrogen (secondary N) is 1. The molecular weight excluding hydrogens is 274 g/mol. The van der Waals surface area contributed by atoms with Crippen molar-refractivity contribution < 1.29 is 23.9 Å². The number of carbonyl (C=O) groups excluding carboxylic acids is 3. The van der Waals surface area contributed by atoms with Crippen LogP contribution in [-0.4, -0.2) is 38.1 Å². The maximum Gasteiger partial charge on any atom is 0.328 e. The van der Waals surface area contributed by atoms with Crippen LogP contribution in [0.3, 0.4) is 0 Å². The monoisotopic (exact) mass is 293 g/mol. The Morgan fingerprint density at radius 3 is 2.24 bits per heavy atom. The van der Waals surface area contributed by atoms with E-state index in [1.165, 1.54) is 14.2 Å². The maximum atomic E-state index is 12.1. The number of ether oxygens (including phenoxy) is 2. The molecule has 1 amide bonds. The van der Waals surface area contributed by atoms with E-state index in [1.54, 1.807) is 37.3 Å². The summed E-state index contributed by atoms with van der Waals surface area (Å²) in [4.78, 5) is 35.2. The Bertz CT molecular complexity index is 500. The van der Waals surface area contributed by atoms with Gasteiger partial charge in [-0.1, -0.05) is 25.1 Å². The van der Waals surface area contributed by atoms with Crippen LogP contribution in [0.25, 0.3) is 0 Å². The molecule has 0 heterocycles. The topological polar surface area (TPSA) is 81.7 Å². The molecule has 0 saturated carbocycles. The van der Waals surface area contributed by atoms with E-state index in [4.69, 9.17) is 0 Å². The van der Waals surface area contributed by atoms with Gasteiger partial charge in [0.05, 0.1) is 20.6 Å². The van der Waals surface area contributed by atoms with Gasteiger partial charge in [0.25, 0.3) is 5.91 Å². The smallest absolute Gasteiger partial charge is 0.328 e. The first-order valence-corrected chi connectivity index (χ1v) is 6.50. The largest absolute Gasteiger partial charge is 0.469 e. The summed E-state index contributed by atoms with van der Waals surface area (Å²) in [5, 5.41) is 2.59. The Morgan fingerprint density at radius 1 is 1.10 bits per heavy atom. The van der Waals surface area contributed by atoms with E-state index in [-0.39, 0.29) is 6.42 Å². The van der Waals surface area contributed by atoms with Crippen molar-refractivity contribution in [3.8, 4) is 0 Å². The molecule has 0 radical (unpaired) electrons. The zero-order valence-electron chi connectivity index (χ0n) is 12.3. The predicted molar refractivity (Wildman–Crippen MR) is 75.5 cm³/mol. The third kappa shape index (κ3) is 4.91. The number of esters is 2. The lowest BCUT2D eigenvalue weighted by Gasteiger charge is -2.22. The molecule has 0 spiro atoms. The van der Waals surface area contributed by atoms with Gasteiger partial charge < -0.3 is 14.8 Å². The molecule has 21 heavy (non-hydrogen) atoms. The second-order valence-corrected chi connectivity index (χ2v) is 4.60. The summed E-state index contributed by atoms with van der Waals surface area (Å²) >= 11 is 0. The molecule has 2 atom stereocenters. The Kier molecular flexibility index (Phi) is 6.39. The summed E-state index contributed by atoms with van der Waals surface area (Å²) in [6, 6.07) is 7.58. The number of hydrogen-bond donors (Lipinski definition) is 1. The summed E-state index contributed by atoms with van der Waals surface area (Å²) in [5.74, 6) is -1.90. The molecule has 1 rings (SSSR count). The van der Waals surface area contributed by atoms with E-state index in [2.05, 4.69) is 14.8 Å². The fourth-order valence-corrected chi connectivity index (χ4v) is 1.84. The molecule has 0 aliphatic rings. The van der Waals surface area contributed by atoms with Crippen LogP contribution in [-0.2, 0) is 19.1 Å². The molecule has 0 saturated heterocycles. The van der Waals surface area contributed by atoms with Crippen LogP contribution < -0.4 is 5.32 Å². The summed E-state index contributed by atoms with van der Waals surface area (Å²) in [6.07, 6.45) is 0.00529. The molecule has 0 aliphatic heterocycles. The molecular formula is C15H19NO5. The molecule has 0 aliphatic carbocycles. The highest BCUT2D eigenvalue weighted by atomic mass is 16.5. The van der Waals surface area contributed by atoms with Crippen molar-refractivity contribution >= 4 is 17.8 Å². The number of hydrogen-bond acceptors (Lipinski definition) is 5. The molecule has 1 aromatic rings. The lowest BCUT2D eigenvalue weighted by Crippen LogP contribution is -2.46. The quantitative estimate of drug-likeness (QED) is 0.796. The van der Waals surface area contributed by atoms with Gasteiger partial charge in [0, 0.05) is 5.56 Å². The number of benzene rings is 1. The lowest BCUT2D eigenvalue weighted by molar-refractivity contribution is -0.146. The van der Waals surface area contributed by atoms with Crippen LogP contribution in [0.5, 0.6) is 0 Å². The zero-order chi connectivity index (χ0) is 15.8. The van der Waals surface area contributed by atoms with Crippen molar-refractivity contribution in [3.63, 3.8) is 0 Å². The van der Waals surface area contributed by atoms with E-state index in [1.807, 2.05) is 0 Å². The van der Waals surface area contributed by atoms with E-state index in [9.17, 15) is 14.4 Å². The van der Waals surface area contributed by atoms with Gasteiger partial charge in [-0.2, -0.15) is 0 Å². The van der Waals surface area contributed by atoms with Crippen molar-refractivity contribution in [3.05, 3.63) is 35.9 Å². The first kappa shape index (κ1) is 16.7. The number of amides is 1. The van der Waals surface area contributed by atoms with Crippen molar-refractivity contribution in [1.82, 2.24) is 5.32 Å². The lowest BCUT2D eigenvalue weighted by atomic mass is 9.98. The van der Waals surface area contributed by atoms with Crippen LogP contribution in [0.15, 0.2) is 30.3 Å². The van der Waals surface area contributed by atoms with Gasteiger partial charge in [-0.3, -0.25) is 9.59 Å². The molecule has 0 fully saturated rings. The Balaban J connectivity index is 2.81. The molecule has 0 unspecified atom stereocenters. The predicted octanol–water partition coefficient (Wildman–Crippen LogP) is 1.16. The van der Waals surface area contributed by atoms with Crippen molar-refractivity contribution in [2.75, 3.05) is 14.2 Å². The van der Waals surface area contributed by atoms with Gasteiger partial charge in [-0.25, -0.2) is 4.79 Å². The maximum absolute atomic E-state index is 12.1. The van der Waals surface area contributed by atoms with Crippen molar-refractivity contribution in [2.45, 2.75) is 19.4 Å². The molecule has 6 nitrogen and oxygen atoms in total. The highest BCUT2D eigenvalue weighted by molar-refractivity contribution is 5.96. The Labute approximate surface area is 123 Å². The molecule has 6 heteroatoms. The average molecular weight is 293 g/mol. The van der Waals surface area contributed by atoms with E-state index >= 15 is 0 Å². The van der Waals surface area contributed by atoms with Crippen LogP contribution in [0.2, 0.25) is 0 Å². The third-order valence-corrected chi connectivity index (χ3v) is 3.06. The average Bonchev–Trinajstić information content (AvgIpc) is 2.52. The van der Waals surface area contributed by atoms with E-state index in [0.717, 1.165) is 0 Å². The minimum absolute atomic E-state index is 0.00529. The zero-order valence-corrected chi connectivity index (χ0v) is 12.3. The van der Waals surface area contributed by atoms with Gasteiger partial charge >= 0.3 is 11.9 Å². The number of rotatable bonds is 6. The fourth-order valence-electron chi connectivity index (χ4n) is 1.84. The van der Waals surface area contributed by atoms with Crippen LogP contribution in [0, 0.1) is 5.92 Å². The summed E-state index contributed by atoms with van der Waals surface area (Å²) in [5.41, 5.74) is 0.427. The Morgan fingerprint density at radius 2 is 1.71 bits per heavy atom. The second-order valence-electron chi connectivity index (χ2n) is 4.60. The first-order valence-electron chi connectivity index (χ1n) is 6.50. The van der Waals surface area contributed by atoms with Crippen LogP contribution >= 0.6 is 0 Å². The van der Waals surface area contributed by atoms with Gasteiger partial charge in [0.2, 0.25) is 0 Å². The van der Waals surface area contributed by atoms with Gasteiger partial charge in [-0.15, -0.1) is 0 Å². The van der Waals surface area contributed by atoms with Crippen LogP contribution in [0.4, 0.5) is 0 Å². The Hall–Kier alpha value is -2.37.